The van der Waals surface area contributed by atoms with Crippen molar-refractivity contribution in [1.82, 2.24) is 10.6 Å². The zero-order chi connectivity index (χ0) is 20.3. The van der Waals surface area contributed by atoms with E-state index in [1.54, 1.807) is 0 Å². The number of primary amides is 1. The van der Waals surface area contributed by atoms with Crippen LogP contribution in [0.3, 0.4) is 0 Å². The number of carbonyl (C=O) groups excluding carboxylic acids is 3. The lowest BCUT2D eigenvalue weighted by atomic mass is 10.0. The molecular formula is C16H30N4O5S. The normalized spacial score (nSPS) is 14.3. The van der Waals surface area contributed by atoms with Gasteiger partial charge in [-0.3, -0.25) is 14.4 Å². The average Bonchev–Trinajstić information content (AvgIpc) is 2.54. The van der Waals surface area contributed by atoms with Crippen molar-refractivity contribution in [3.8, 4) is 0 Å². The van der Waals surface area contributed by atoms with E-state index >= 15 is 0 Å². The average molecular weight is 391 g/mol. The van der Waals surface area contributed by atoms with Gasteiger partial charge in [-0.25, -0.2) is 4.79 Å². The Hall–Kier alpha value is -1.81. The molecule has 9 nitrogen and oxygen atoms in total. The first-order valence-corrected chi connectivity index (χ1v) is 9.84. The Labute approximate surface area is 158 Å². The van der Waals surface area contributed by atoms with Gasteiger partial charge in [-0.1, -0.05) is 13.8 Å². The lowest BCUT2D eigenvalue weighted by molar-refractivity contribution is -0.142. The summed E-state index contributed by atoms with van der Waals surface area (Å²) in [6, 6.07) is -2.96. The summed E-state index contributed by atoms with van der Waals surface area (Å²) < 4.78 is 0. The highest BCUT2D eigenvalue weighted by Crippen LogP contribution is 2.07. The Kier molecular flexibility index (Phi) is 11.7. The smallest absolute Gasteiger partial charge is 0.326 e. The van der Waals surface area contributed by atoms with E-state index in [1.807, 2.05) is 20.1 Å². The van der Waals surface area contributed by atoms with Gasteiger partial charge in [0.25, 0.3) is 0 Å². The maximum absolute atomic E-state index is 12.4. The van der Waals surface area contributed by atoms with Crippen LogP contribution in [-0.4, -0.2) is 58.9 Å². The van der Waals surface area contributed by atoms with E-state index in [4.69, 9.17) is 11.5 Å². The molecule has 0 saturated carbocycles. The molecule has 0 bridgehead atoms. The molecule has 7 N–H and O–H groups in total. The molecule has 0 spiro atoms. The highest BCUT2D eigenvalue weighted by molar-refractivity contribution is 7.98. The van der Waals surface area contributed by atoms with E-state index < -0.39 is 41.8 Å². The topological polar surface area (TPSA) is 165 Å². The van der Waals surface area contributed by atoms with Crippen molar-refractivity contribution in [2.45, 2.75) is 57.7 Å². The van der Waals surface area contributed by atoms with Crippen LogP contribution in [0, 0.1) is 5.92 Å². The van der Waals surface area contributed by atoms with Crippen LogP contribution in [0.4, 0.5) is 0 Å². The summed E-state index contributed by atoms with van der Waals surface area (Å²) in [5.41, 5.74) is 10.9. The predicted octanol–water partition coefficient (Wildman–Crippen LogP) is -0.567. The van der Waals surface area contributed by atoms with Crippen LogP contribution >= 0.6 is 11.8 Å². The molecule has 10 heteroatoms. The number of rotatable bonds is 13. The minimum atomic E-state index is -1.16. The van der Waals surface area contributed by atoms with Crippen molar-refractivity contribution < 1.29 is 24.3 Å². The maximum atomic E-state index is 12.4. The molecule has 0 heterocycles. The zero-order valence-corrected chi connectivity index (χ0v) is 16.3. The van der Waals surface area contributed by atoms with Gasteiger partial charge < -0.3 is 27.2 Å². The van der Waals surface area contributed by atoms with Gasteiger partial charge in [-0.05, 0) is 37.2 Å². The number of amides is 3. The second-order valence-corrected chi connectivity index (χ2v) is 7.47. The number of aliphatic carboxylic acids is 1. The molecule has 26 heavy (non-hydrogen) atoms. The van der Waals surface area contributed by atoms with Crippen molar-refractivity contribution in [3.05, 3.63) is 0 Å². The Morgan fingerprint density at radius 1 is 1.04 bits per heavy atom. The summed E-state index contributed by atoms with van der Waals surface area (Å²) in [4.78, 5) is 46.9. The van der Waals surface area contributed by atoms with Crippen LogP contribution in [0.15, 0.2) is 0 Å². The maximum Gasteiger partial charge on any atom is 0.326 e. The van der Waals surface area contributed by atoms with Gasteiger partial charge in [0.15, 0.2) is 0 Å². The van der Waals surface area contributed by atoms with Gasteiger partial charge in [0, 0.05) is 6.42 Å². The van der Waals surface area contributed by atoms with Gasteiger partial charge >= 0.3 is 5.97 Å². The van der Waals surface area contributed by atoms with Gasteiger partial charge in [0.05, 0.1) is 6.04 Å². The number of hydrogen-bond acceptors (Lipinski definition) is 6. The number of thioether (sulfide) groups is 1. The summed E-state index contributed by atoms with van der Waals surface area (Å²) in [7, 11) is 0. The molecule has 0 aliphatic carbocycles. The van der Waals surface area contributed by atoms with Gasteiger partial charge in [-0.15, -0.1) is 0 Å². The SMILES string of the molecule is CSCC[C@H](N)C(=O)N[C@@H](CCC(N)=O)C(=O)N[C@@H](CC(C)C)C(=O)O. The van der Waals surface area contributed by atoms with Crippen molar-refractivity contribution in [3.63, 3.8) is 0 Å². The Balaban J connectivity index is 5.02. The van der Waals surface area contributed by atoms with Crippen LogP contribution in [0.25, 0.3) is 0 Å². The molecule has 150 valence electrons. The summed E-state index contributed by atoms with van der Waals surface area (Å²) >= 11 is 1.54. The number of carboxylic acids is 1. The van der Waals surface area contributed by atoms with E-state index in [9.17, 15) is 24.3 Å². The standard InChI is InChI=1S/C16H30N4O5S/c1-9(2)8-12(16(24)25)20-15(23)11(4-5-13(18)21)19-14(22)10(17)6-7-26-3/h9-12H,4-8,17H2,1-3H3,(H2,18,21)(H,19,22)(H,20,23)(H,24,25)/t10-,11-,12-/m0/s1. The van der Waals surface area contributed by atoms with Crippen LogP contribution < -0.4 is 22.1 Å². The van der Waals surface area contributed by atoms with Crippen molar-refractivity contribution >= 4 is 35.5 Å². The predicted molar refractivity (Wildman–Crippen MR) is 100 cm³/mol. The lowest BCUT2D eigenvalue weighted by Crippen LogP contribution is -2.54. The van der Waals surface area contributed by atoms with E-state index in [0.717, 1.165) is 0 Å². The highest BCUT2D eigenvalue weighted by atomic mass is 32.2. The first kappa shape index (κ1) is 24.2. The fourth-order valence-corrected chi connectivity index (χ4v) is 2.66. The quantitative estimate of drug-likeness (QED) is 0.281. The molecule has 0 rings (SSSR count). The summed E-state index contributed by atoms with van der Waals surface area (Å²) in [6.07, 6.45) is 2.40. The summed E-state index contributed by atoms with van der Waals surface area (Å²) in [5.74, 6) is -2.26. The molecule has 0 fully saturated rings. The van der Waals surface area contributed by atoms with Crippen LogP contribution in [0.1, 0.15) is 39.5 Å². The molecule has 0 aromatic carbocycles. The summed E-state index contributed by atoms with van der Waals surface area (Å²) in [5, 5.41) is 14.1. The molecule has 0 radical (unpaired) electrons. The molecule has 0 aromatic heterocycles. The minimum Gasteiger partial charge on any atom is -0.480 e. The number of nitrogens with one attached hydrogen (secondary N) is 2. The third-order valence-corrected chi connectivity index (χ3v) is 4.25. The number of carboxylic acid groups (broad SMARTS) is 1. The molecule has 0 aliphatic rings. The Morgan fingerprint density at radius 2 is 1.62 bits per heavy atom. The molecule has 0 aromatic rings. The second-order valence-electron chi connectivity index (χ2n) is 6.48. The Bertz CT molecular complexity index is 501. The van der Waals surface area contributed by atoms with Crippen LogP contribution in [-0.2, 0) is 19.2 Å². The van der Waals surface area contributed by atoms with E-state index in [1.165, 1.54) is 11.8 Å². The Morgan fingerprint density at radius 3 is 2.08 bits per heavy atom. The van der Waals surface area contributed by atoms with Gasteiger partial charge in [0.1, 0.15) is 12.1 Å². The van der Waals surface area contributed by atoms with Crippen molar-refractivity contribution in [2.75, 3.05) is 12.0 Å². The molecule has 3 amide bonds. The van der Waals surface area contributed by atoms with Crippen LogP contribution in [0.2, 0.25) is 0 Å². The minimum absolute atomic E-state index is 0.0316. The fraction of sp³-hybridized carbons (Fsp3) is 0.750. The molecule has 3 atom stereocenters. The first-order chi connectivity index (χ1) is 12.1. The highest BCUT2D eigenvalue weighted by Gasteiger charge is 2.28. The zero-order valence-electron chi connectivity index (χ0n) is 15.5. The first-order valence-electron chi connectivity index (χ1n) is 8.44. The third-order valence-electron chi connectivity index (χ3n) is 3.60. The number of hydrogen-bond donors (Lipinski definition) is 5. The monoisotopic (exact) mass is 390 g/mol. The number of carbonyl (C=O) groups is 4. The van der Waals surface area contributed by atoms with E-state index in [0.29, 0.717) is 12.2 Å². The lowest BCUT2D eigenvalue weighted by Gasteiger charge is -2.23. The van der Waals surface area contributed by atoms with E-state index in [2.05, 4.69) is 10.6 Å². The van der Waals surface area contributed by atoms with Crippen molar-refractivity contribution in [1.29, 1.82) is 0 Å². The molecule has 0 aliphatic heterocycles. The molecule has 0 saturated heterocycles. The van der Waals surface area contributed by atoms with Gasteiger partial charge in [0.2, 0.25) is 17.7 Å². The van der Waals surface area contributed by atoms with Crippen molar-refractivity contribution in [2.24, 2.45) is 17.4 Å². The largest absolute Gasteiger partial charge is 0.480 e. The second kappa shape index (κ2) is 12.5. The third kappa shape index (κ3) is 10.2. The van der Waals surface area contributed by atoms with Gasteiger partial charge in [-0.2, -0.15) is 11.8 Å². The molecular weight excluding hydrogens is 360 g/mol. The fourth-order valence-electron chi connectivity index (χ4n) is 2.18. The van der Waals surface area contributed by atoms with Crippen LogP contribution in [0.5, 0.6) is 0 Å². The summed E-state index contributed by atoms with van der Waals surface area (Å²) in [6.45, 7) is 3.67. The van der Waals surface area contributed by atoms with E-state index in [-0.39, 0.29) is 25.2 Å². The number of nitrogens with two attached hydrogens (primary N) is 2. The molecule has 0 unspecified atom stereocenters.